The topological polar surface area (TPSA) is 173 Å². The van der Waals surface area contributed by atoms with Gasteiger partial charge in [0.15, 0.2) is 0 Å². The van der Waals surface area contributed by atoms with Crippen LogP contribution in [0, 0.1) is 6.92 Å². The van der Waals surface area contributed by atoms with E-state index >= 15 is 0 Å². The average molecular weight is 514 g/mol. The molecule has 11 nitrogen and oxygen atoms in total. The summed E-state index contributed by atoms with van der Waals surface area (Å²) >= 11 is 1.60. The first kappa shape index (κ1) is 28.8. The van der Waals surface area contributed by atoms with Crippen molar-refractivity contribution in [1.29, 1.82) is 0 Å². The standard InChI is InChI=1S/C18H28N4O6S.C3H3NS/c1-12-7-9-13(10-8-12)29(26,27)22-16(19)20-11-5-6-14(15(23)24)21-17(25)28-18(2,3)4;1-2-5-3-4-1/h7-10,14H,5-6,11H2,1-4H3,(H,21,25)(H,23,24)(H3,19,20,22);1-3H/t14-;/m0./s1. The molecule has 1 atom stereocenters. The lowest BCUT2D eigenvalue weighted by atomic mass is 10.1. The van der Waals surface area contributed by atoms with Crippen molar-refractivity contribution in [3.8, 4) is 0 Å². The van der Waals surface area contributed by atoms with Crippen LogP contribution in [0.2, 0.25) is 0 Å². The molecule has 0 fully saturated rings. The van der Waals surface area contributed by atoms with Crippen LogP contribution in [-0.2, 0) is 19.6 Å². The van der Waals surface area contributed by atoms with Crippen LogP contribution in [0.5, 0.6) is 0 Å². The molecule has 5 N–H and O–H groups in total. The number of rotatable bonds is 8. The van der Waals surface area contributed by atoms with Crippen LogP contribution in [0.25, 0.3) is 0 Å². The summed E-state index contributed by atoms with van der Waals surface area (Å²) in [5, 5.41) is 13.4. The Labute approximate surface area is 203 Å². The smallest absolute Gasteiger partial charge is 0.408 e. The molecule has 0 spiro atoms. The number of guanidine groups is 1. The highest BCUT2D eigenvalue weighted by atomic mass is 32.2. The fraction of sp³-hybridized carbons (Fsp3) is 0.429. The fourth-order valence-corrected chi connectivity index (χ4v) is 3.63. The van der Waals surface area contributed by atoms with Gasteiger partial charge in [0, 0.05) is 18.1 Å². The number of carbonyl (C=O) groups excluding carboxylic acids is 1. The summed E-state index contributed by atoms with van der Waals surface area (Å²) in [7, 11) is -3.85. The van der Waals surface area contributed by atoms with Gasteiger partial charge < -0.3 is 20.9 Å². The number of aromatic nitrogens is 1. The van der Waals surface area contributed by atoms with E-state index in [-0.39, 0.29) is 30.2 Å². The maximum absolute atomic E-state index is 12.2. The van der Waals surface area contributed by atoms with Crippen molar-refractivity contribution in [2.75, 3.05) is 6.54 Å². The van der Waals surface area contributed by atoms with Crippen molar-refractivity contribution >= 4 is 39.4 Å². The summed E-state index contributed by atoms with van der Waals surface area (Å²) in [4.78, 5) is 30.7. The first-order chi connectivity index (χ1) is 15.8. The van der Waals surface area contributed by atoms with Crippen LogP contribution in [0.4, 0.5) is 4.79 Å². The molecule has 2 rings (SSSR count). The van der Waals surface area contributed by atoms with E-state index in [4.69, 9.17) is 10.5 Å². The van der Waals surface area contributed by atoms with E-state index in [1.807, 2.05) is 12.3 Å². The summed E-state index contributed by atoms with van der Waals surface area (Å²) in [6.07, 6.45) is 1.25. The normalized spacial score (nSPS) is 12.6. The van der Waals surface area contributed by atoms with E-state index < -0.39 is 33.7 Å². The average Bonchev–Trinajstić information content (AvgIpc) is 3.29. The highest BCUT2D eigenvalue weighted by Crippen LogP contribution is 2.10. The summed E-state index contributed by atoms with van der Waals surface area (Å²) in [6.45, 7) is 6.90. The molecule has 0 aliphatic heterocycles. The number of thiazole rings is 1. The van der Waals surface area contributed by atoms with Crippen LogP contribution in [0.15, 0.2) is 51.2 Å². The molecule has 13 heteroatoms. The number of nitrogens with one attached hydrogen (secondary N) is 2. The van der Waals surface area contributed by atoms with Crippen molar-refractivity contribution in [2.24, 2.45) is 10.7 Å². The molecule has 0 aliphatic carbocycles. The van der Waals surface area contributed by atoms with Gasteiger partial charge in [-0.15, -0.1) is 11.3 Å². The summed E-state index contributed by atoms with van der Waals surface area (Å²) in [5.74, 6) is -1.52. The van der Waals surface area contributed by atoms with Crippen molar-refractivity contribution in [2.45, 2.75) is 57.1 Å². The minimum absolute atomic E-state index is 0.0498. The number of aliphatic imine (C=N–C) groups is 1. The predicted molar refractivity (Wildman–Crippen MR) is 130 cm³/mol. The first-order valence-corrected chi connectivity index (χ1v) is 12.7. The summed E-state index contributed by atoms with van der Waals surface area (Å²) in [6, 6.07) is 5.05. The molecule has 0 saturated heterocycles. The number of carboxylic acid groups (broad SMARTS) is 1. The second kappa shape index (κ2) is 13.5. The van der Waals surface area contributed by atoms with Gasteiger partial charge in [-0.25, -0.2) is 22.7 Å². The maximum atomic E-state index is 12.2. The molecule has 1 aromatic carbocycles. The Morgan fingerprint density at radius 1 is 1.26 bits per heavy atom. The molecule has 0 aliphatic rings. The Kier molecular flexibility index (Phi) is 11.5. The molecule has 0 saturated carbocycles. The third kappa shape index (κ3) is 12.2. The fourth-order valence-electron chi connectivity index (χ4n) is 2.32. The Bertz CT molecular complexity index is 1020. The van der Waals surface area contributed by atoms with E-state index in [1.165, 1.54) is 12.1 Å². The molecule has 0 radical (unpaired) electrons. The number of hydrogen-bond acceptors (Lipinski definition) is 8. The first-order valence-electron chi connectivity index (χ1n) is 10.2. The number of aryl methyl sites for hydroxylation is 1. The van der Waals surface area contributed by atoms with Gasteiger partial charge in [0.05, 0.1) is 10.4 Å². The van der Waals surface area contributed by atoms with E-state index in [0.717, 1.165) is 5.56 Å². The number of hydrogen-bond donors (Lipinski definition) is 4. The van der Waals surface area contributed by atoms with Gasteiger partial charge in [0.2, 0.25) is 5.96 Å². The molecule has 1 heterocycles. The quantitative estimate of drug-likeness (QED) is 0.237. The lowest BCUT2D eigenvalue weighted by Gasteiger charge is -2.21. The minimum atomic E-state index is -3.85. The summed E-state index contributed by atoms with van der Waals surface area (Å²) in [5.41, 5.74) is 7.57. The molecule has 34 heavy (non-hydrogen) atoms. The lowest BCUT2D eigenvalue weighted by Crippen LogP contribution is -2.43. The number of benzene rings is 1. The highest BCUT2D eigenvalue weighted by Gasteiger charge is 2.23. The van der Waals surface area contributed by atoms with Crippen LogP contribution < -0.4 is 15.8 Å². The number of alkyl carbamates (subject to hydrolysis) is 1. The third-order valence-corrected chi connectivity index (χ3v) is 5.73. The second-order valence-corrected chi connectivity index (χ2v) is 10.5. The largest absolute Gasteiger partial charge is 0.480 e. The number of ether oxygens (including phenoxy) is 1. The Hall–Kier alpha value is -3.19. The van der Waals surface area contributed by atoms with E-state index in [0.29, 0.717) is 0 Å². The minimum Gasteiger partial charge on any atom is -0.480 e. The third-order valence-electron chi connectivity index (χ3n) is 3.84. The van der Waals surface area contributed by atoms with Gasteiger partial charge in [-0.2, -0.15) is 0 Å². The van der Waals surface area contributed by atoms with Gasteiger partial charge in [0.1, 0.15) is 11.6 Å². The van der Waals surface area contributed by atoms with Gasteiger partial charge in [-0.1, -0.05) is 17.7 Å². The van der Waals surface area contributed by atoms with Gasteiger partial charge in [-0.05, 0) is 52.7 Å². The van der Waals surface area contributed by atoms with E-state index in [9.17, 15) is 23.1 Å². The lowest BCUT2D eigenvalue weighted by molar-refractivity contribution is -0.139. The molecule has 188 valence electrons. The monoisotopic (exact) mass is 513 g/mol. The molecule has 0 unspecified atom stereocenters. The molecule has 1 aromatic heterocycles. The zero-order valence-corrected chi connectivity index (χ0v) is 21.1. The number of carbonyl (C=O) groups is 2. The Balaban J connectivity index is 0.00000102. The van der Waals surface area contributed by atoms with Crippen molar-refractivity contribution < 1.29 is 27.9 Å². The van der Waals surface area contributed by atoms with Crippen LogP contribution in [0.1, 0.15) is 39.2 Å². The SMILES string of the molecule is Cc1ccc(S(=O)(=O)NC(N)=NCCC[C@H](NC(=O)OC(C)(C)C)C(=O)O)cc1.c1cscn1. The van der Waals surface area contributed by atoms with Crippen LogP contribution >= 0.6 is 11.3 Å². The zero-order valence-electron chi connectivity index (χ0n) is 19.5. The van der Waals surface area contributed by atoms with Crippen molar-refractivity contribution in [3.63, 3.8) is 0 Å². The number of nitrogens with zero attached hydrogens (tertiary/aromatic N) is 2. The second-order valence-electron chi connectivity index (χ2n) is 8.04. The number of nitrogens with two attached hydrogens (primary N) is 1. The Morgan fingerprint density at radius 2 is 1.91 bits per heavy atom. The summed E-state index contributed by atoms with van der Waals surface area (Å²) < 4.78 is 31.6. The van der Waals surface area contributed by atoms with E-state index in [1.54, 1.807) is 55.9 Å². The van der Waals surface area contributed by atoms with Crippen LogP contribution in [-0.4, -0.2) is 54.7 Å². The number of sulfonamides is 1. The van der Waals surface area contributed by atoms with Gasteiger partial charge >= 0.3 is 12.1 Å². The van der Waals surface area contributed by atoms with Gasteiger partial charge in [-0.3, -0.25) is 9.98 Å². The van der Waals surface area contributed by atoms with Crippen molar-refractivity contribution in [3.05, 3.63) is 46.9 Å². The van der Waals surface area contributed by atoms with Crippen LogP contribution in [0.3, 0.4) is 0 Å². The maximum Gasteiger partial charge on any atom is 0.408 e. The zero-order chi connectivity index (χ0) is 25.8. The van der Waals surface area contributed by atoms with E-state index in [2.05, 4.69) is 20.0 Å². The molecular weight excluding hydrogens is 482 g/mol. The highest BCUT2D eigenvalue weighted by molar-refractivity contribution is 7.90. The molecule has 1 amide bonds. The number of amides is 1. The van der Waals surface area contributed by atoms with Gasteiger partial charge in [0.25, 0.3) is 10.0 Å². The number of carboxylic acids is 1. The molecule has 0 bridgehead atoms. The van der Waals surface area contributed by atoms with Crippen molar-refractivity contribution in [1.82, 2.24) is 15.0 Å². The Morgan fingerprint density at radius 3 is 2.38 bits per heavy atom. The predicted octanol–water partition coefficient (Wildman–Crippen LogP) is 2.49. The molecule has 2 aromatic rings. The number of aliphatic carboxylic acids is 1. The molecular formula is C21H31N5O6S2.